The molecule has 2 aromatic heterocycles. The van der Waals surface area contributed by atoms with E-state index in [0.29, 0.717) is 23.8 Å². The number of hydrogen-bond donors (Lipinski definition) is 2. The van der Waals surface area contributed by atoms with Crippen molar-refractivity contribution in [3.8, 4) is 10.6 Å². The highest BCUT2D eigenvalue weighted by molar-refractivity contribution is 7.15. The van der Waals surface area contributed by atoms with Gasteiger partial charge in [0.25, 0.3) is 0 Å². The fourth-order valence-corrected chi connectivity index (χ4v) is 7.03. The molecular formula is C22H29Cl2N5O2S. The largest absolute Gasteiger partial charge is 0.382 e. The second-order valence-electron chi connectivity index (χ2n) is 9.08. The lowest BCUT2D eigenvalue weighted by atomic mass is 9.81. The number of rotatable bonds is 2. The van der Waals surface area contributed by atoms with Crippen LogP contribution in [0.2, 0.25) is 0 Å². The number of anilines is 1. The van der Waals surface area contributed by atoms with Gasteiger partial charge in [0.1, 0.15) is 5.82 Å². The van der Waals surface area contributed by atoms with Gasteiger partial charge in [-0.25, -0.2) is 9.97 Å². The molecule has 3 saturated heterocycles. The SMILES string of the molecule is Cl.Cl.Nc1cnc(-c2cc3c(s2)CCOC32CCN(C(=O)[C@H]3C[C@H]4CC[C@@H]3N4)CC2)cn1. The molecule has 4 aliphatic heterocycles. The van der Waals surface area contributed by atoms with Gasteiger partial charge in [0, 0.05) is 36.5 Å². The molecule has 10 heteroatoms. The predicted octanol–water partition coefficient (Wildman–Crippen LogP) is 3.16. The van der Waals surface area contributed by atoms with Crippen molar-refractivity contribution >= 4 is 47.9 Å². The van der Waals surface area contributed by atoms with E-state index < -0.39 is 0 Å². The second kappa shape index (κ2) is 9.06. The number of likely N-dealkylation sites (tertiary alicyclic amines) is 1. The topological polar surface area (TPSA) is 93.4 Å². The summed E-state index contributed by atoms with van der Waals surface area (Å²) >= 11 is 1.79. The van der Waals surface area contributed by atoms with E-state index in [2.05, 4.69) is 26.3 Å². The lowest BCUT2D eigenvalue weighted by Gasteiger charge is -2.44. The highest BCUT2D eigenvalue weighted by atomic mass is 35.5. The fraction of sp³-hybridized carbons (Fsp3) is 0.591. The van der Waals surface area contributed by atoms with Gasteiger partial charge in [-0.1, -0.05) is 0 Å². The molecular weight excluding hydrogens is 469 g/mol. The molecule has 0 aromatic carbocycles. The van der Waals surface area contributed by atoms with Crippen LogP contribution in [0.25, 0.3) is 10.6 Å². The standard InChI is InChI=1S/C22H27N5O2S.2ClH/c23-20-12-24-17(11-25-20)19-10-15-18(30-19)3-8-29-22(15)4-6-27(7-5-22)21(28)14-9-13-1-2-16(14)26-13;;/h10-14,16,26H,1-9H2,(H2,23,25);2*1H/t13-,14+,16+;;/m1../s1. The van der Waals surface area contributed by atoms with E-state index in [1.807, 2.05) is 0 Å². The molecule has 1 amide bonds. The number of nitrogen functional groups attached to an aromatic ring is 1. The first kappa shape index (κ1) is 23.7. The molecule has 1 spiro atoms. The van der Waals surface area contributed by atoms with Crippen LogP contribution in [-0.2, 0) is 21.6 Å². The van der Waals surface area contributed by atoms with Crippen molar-refractivity contribution in [2.24, 2.45) is 5.92 Å². The van der Waals surface area contributed by atoms with Crippen molar-refractivity contribution in [2.45, 2.75) is 56.2 Å². The number of nitrogens with one attached hydrogen (secondary N) is 1. The quantitative estimate of drug-likeness (QED) is 0.661. The van der Waals surface area contributed by atoms with Crippen molar-refractivity contribution in [2.75, 3.05) is 25.4 Å². The lowest BCUT2D eigenvalue weighted by Crippen LogP contribution is -2.50. The number of halogens is 2. The molecule has 32 heavy (non-hydrogen) atoms. The summed E-state index contributed by atoms with van der Waals surface area (Å²) in [4.78, 5) is 26.4. The number of carbonyl (C=O) groups is 1. The van der Waals surface area contributed by atoms with Crippen LogP contribution >= 0.6 is 36.2 Å². The van der Waals surface area contributed by atoms with Gasteiger partial charge in [-0.05, 0) is 43.7 Å². The summed E-state index contributed by atoms with van der Waals surface area (Å²) in [5.41, 5.74) is 7.57. The smallest absolute Gasteiger partial charge is 0.227 e. The van der Waals surface area contributed by atoms with Crippen LogP contribution in [-0.4, -0.2) is 52.6 Å². The molecule has 174 valence electrons. The first-order valence-corrected chi connectivity index (χ1v) is 11.8. The molecule has 0 aliphatic carbocycles. The summed E-state index contributed by atoms with van der Waals surface area (Å²) in [6.07, 6.45) is 9.41. The molecule has 6 rings (SSSR count). The van der Waals surface area contributed by atoms with Crippen molar-refractivity contribution in [1.29, 1.82) is 0 Å². The molecule has 0 saturated carbocycles. The van der Waals surface area contributed by atoms with E-state index in [-0.39, 0.29) is 36.3 Å². The van der Waals surface area contributed by atoms with Crippen LogP contribution in [0.3, 0.4) is 0 Å². The molecule has 0 radical (unpaired) electrons. The van der Waals surface area contributed by atoms with Gasteiger partial charge >= 0.3 is 0 Å². The van der Waals surface area contributed by atoms with E-state index in [9.17, 15) is 4.79 Å². The van der Waals surface area contributed by atoms with E-state index in [1.165, 1.54) is 16.9 Å². The van der Waals surface area contributed by atoms with Gasteiger partial charge in [-0.2, -0.15) is 0 Å². The maximum atomic E-state index is 13.1. The Labute approximate surface area is 204 Å². The Morgan fingerprint density at radius 3 is 2.69 bits per heavy atom. The van der Waals surface area contributed by atoms with Crippen molar-refractivity contribution in [1.82, 2.24) is 20.2 Å². The number of amides is 1. The zero-order valence-corrected chi connectivity index (χ0v) is 20.2. The number of fused-ring (bicyclic) bond motifs is 4. The summed E-state index contributed by atoms with van der Waals surface area (Å²) < 4.78 is 6.40. The van der Waals surface area contributed by atoms with Gasteiger partial charge in [0.2, 0.25) is 5.91 Å². The molecule has 3 N–H and O–H groups in total. The van der Waals surface area contributed by atoms with Crippen LogP contribution in [0, 0.1) is 5.92 Å². The number of hydrogen-bond acceptors (Lipinski definition) is 7. The molecule has 3 atom stereocenters. The molecule has 6 heterocycles. The van der Waals surface area contributed by atoms with E-state index in [1.54, 1.807) is 23.7 Å². The minimum absolute atomic E-state index is 0. The number of ether oxygens (including phenoxy) is 1. The predicted molar refractivity (Wildman–Crippen MR) is 129 cm³/mol. The van der Waals surface area contributed by atoms with Crippen LogP contribution in [0.4, 0.5) is 5.82 Å². The van der Waals surface area contributed by atoms with E-state index in [4.69, 9.17) is 10.5 Å². The third-order valence-electron chi connectivity index (χ3n) is 7.43. The Balaban J connectivity index is 0.00000122. The van der Waals surface area contributed by atoms with Gasteiger partial charge in [-0.3, -0.25) is 4.79 Å². The molecule has 0 unspecified atom stereocenters. The second-order valence-corrected chi connectivity index (χ2v) is 10.2. The third kappa shape index (κ3) is 3.90. The number of aromatic nitrogens is 2. The summed E-state index contributed by atoms with van der Waals surface area (Å²) in [5.74, 6) is 0.962. The highest BCUT2D eigenvalue weighted by Crippen LogP contribution is 2.47. The number of nitrogens with zero attached hydrogens (tertiary/aromatic N) is 3. The average molecular weight is 498 g/mol. The summed E-state index contributed by atoms with van der Waals surface area (Å²) in [6, 6.07) is 3.19. The fourth-order valence-electron chi connectivity index (χ4n) is 5.84. The van der Waals surface area contributed by atoms with Crippen LogP contribution < -0.4 is 11.1 Å². The molecule has 7 nitrogen and oxygen atoms in total. The van der Waals surface area contributed by atoms with Gasteiger partial charge in [-0.15, -0.1) is 36.2 Å². The van der Waals surface area contributed by atoms with Crippen molar-refractivity contribution in [3.05, 3.63) is 28.9 Å². The lowest BCUT2D eigenvalue weighted by molar-refractivity contribution is -0.145. The Bertz CT molecular complexity index is 977. The zero-order valence-electron chi connectivity index (χ0n) is 17.8. The Hall–Kier alpha value is -1.45. The minimum Gasteiger partial charge on any atom is -0.382 e. The summed E-state index contributed by atoms with van der Waals surface area (Å²) in [7, 11) is 0. The number of thiophene rings is 1. The van der Waals surface area contributed by atoms with Crippen LogP contribution in [0.5, 0.6) is 0 Å². The number of carbonyl (C=O) groups excluding carboxylic acids is 1. The maximum Gasteiger partial charge on any atom is 0.227 e. The van der Waals surface area contributed by atoms with Gasteiger partial charge in [0.15, 0.2) is 0 Å². The zero-order chi connectivity index (χ0) is 20.3. The van der Waals surface area contributed by atoms with Crippen LogP contribution in [0.15, 0.2) is 18.5 Å². The Morgan fingerprint density at radius 2 is 2.03 bits per heavy atom. The summed E-state index contributed by atoms with van der Waals surface area (Å²) in [5, 5.41) is 3.60. The monoisotopic (exact) mass is 497 g/mol. The van der Waals surface area contributed by atoms with Gasteiger partial charge < -0.3 is 20.7 Å². The van der Waals surface area contributed by atoms with Crippen LogP contribution in [0.1, 0.15) is 42.5 Å². The highest BCUT2D eigenvalue weighted by Gasteiger charge is 2.47. The number of piperidine rings is 1. The third-order valence-corrected chi connectivity index (χ3v) is 8.65. The molecule has 3 fully saturated rings. The Kier molecular flexibility index (Phi) is 6.71. The first-order valence-electron chi connectivity index (χ1n) is 11.0. The molecule has 4 aliphatic rings. The van der Waals surface area contributed by atoms with Crippen molar-refractivity contribution < 1.29 is 9.53 Å². The maximum absolute atomic E-state index is 13.1. The Morgan fingerprint density at radius 1 is 1.22 bits per heavy atom. The minimum atomic E-state index is -0.271. The molecule has 2 aromatic rings. The summed E-state index contributed by atoms with van der Waals surface area (Å²) in [6.45, 7) is 2.29. The first-order chi connectivity index (χ1) is 14.6. The van der Waals surface area contributed by atoms with Crippen molar-refractivity contribution in [3.63, 3.8) is 0 Å². The van der Waals surface area contributed by atoms with E-state index in [0.717, 1.165) is 62.4 Å². The number of nitrogens with two attached hydrogens (primary N) is 1. The normalized spacial score (nSPS) is 27.5. The molecule has 2 bridgehead atoms. The average Bonchev–Trinajstić information content (AvgIpc) is 3.51. The van der Waals surface area contributed by atoms with E-state index >= 15 is 0 Å². The van der Waals surface area contributed by atoms with Gasteiger partial charge in [0.05, 0.1) is 41.1 Å².